The van der Waals surface area contributed by atoms with Crippen molar-refractivity contribution >= 4 is 21.7 Å². The van der Waals surface area contributed by atoms with Crippen LogP contribution in [0.5, 0.6) is 0 Å². The first-order valence-electron chi connectivity index (χ1n) is 9.24. The summed E-state index contributed by atoms with van der Waals surface area (Å²) in [6.07, 6.45) is 5.34. The molecule has 1 unspecified atom stereocenters. The lowest BCUT2D eigenvalue weighted by atomic mass is 9.78. The maximum absolute atomic E-state index is 15.0. The highest BCUT2D eigenvalue weighted by Crippen LogP contribution is 2.41. The lowest BCUT2D eigenvalue weighted by Gasteiger charge is -2.53. The second-order valence-corrected chi connectivity index (χ2v) is 8.89. The highest BCUT2D eigenvalue weighted by molar-refractivity contribution is 7.89. The molecule has 3 N–H and O–H groups in total. The van der Waals surface area contributed by atoms with Crippen LogP contribution in [-0.2, 0) is 14.8 Å². The Morgan fingerprint density at radius 3 is 2.62 bits per heavy atom. The number of hydrogen-bond acceptors (Lipinski definition) is 8. The number of nitrogens with two attached hydrogens (primary N) is 1. The molecule has 0 bridgehead atoms. The van der Waals surface area contributed by atoms with Crippen LogP contribution in [0.3, 0.4) is 0 Å². The highest BCUT2D eigenvalue weighted by Gasteiger charge is 2.47. The van der Waals surface area contributed by atoms with E-state index in [0.717, 1.165) is 25.3 Å². The lowest BCUT2D eigenvalue weighted by Crippen LogP contribution is -2.63. The largest absolute Gasteiger partial charge is 0.394 e. The fraction of sp³-hybridized carbons (Fsp3) is 0.444. The van der Waals surface area contributed by atoms with Crippen molar-refractivity contribution in [2.45, 2.75) is 35.9 Å². The summed E-state index contributed by atoms with van der Waals surface area (Å²) < 4.78 is 44.2. The Morgan fingerprint density at radius 2 is 2.07 bits per heavy atom. The summed E-state index contributed by atoms with van der Waals surface area (Å²) in [5.41, 5.74) is -0.327. The lowest BCUT2D eigenvalue weighted by molar-refractivity contribution is -0.199. The number of hydrogen-bond donors (Lipinski definition) is 2. The van der Waals surface area contributed by atoms with Gasteiger partial charge in [0.15, 0.2) is 0 Å². The van der Waals surface area contributed by atoms with Crippen LogP contribution in [0.25, 0.3) is 0 Å². The summed E-state index contributed by atoms with van der Waals surface area (Å²) in [6, 6.07) is 5.10. The standard InChI is InChI=1S/C18H22FN5O4S/c19-15-9-14(29(20,26)27)3-4-16(15)24(17-21-7-2-8-22-17)23-10-13(11-25)28-18(12-23)5-1-6-18/h2-4,7-9,13,25H,1,5-6,10-12H2,(H2,20,26,27). The number of ether oxygens (including phenoxy) is 1. The quantitative estimate of drug-likeness (QED) is 0.728. The molecule has 4 rings (SSSR count). The maximum Gasteiger partial charge on any atom is 0.245 e. The van der Waals surface area contributed by atoms with E-state index in [1.165, 1.54) is 29.5 Å². The van der Waals surface area contributed by atoms with E-state index in [-0.39, 0.29) is 23.1 Å². The minimum absolute atomic E-state index is 0.0802. The zero-order chi connectivity index (χ0) is 20.6. The van der Waals surface area contributed by atoms with Crippen molar-refractivity contribution in [3.63, 3.8) is 0 Å². The first-order chi connectivity index (χ1) is 13.8. The number of halogens is 1. The van der Waals surface area contributed by atoms with Crippen LogP contribution < -0.4 is 10.1 Å². The number of hydrazine groups is 1. The summed E-state index contributed by atoms with van der Waals surface area (Å²) in [7, 11) is -4.04. The second kappa shape index (κ2) is 7.58. The van der Waals surface area contributed by atoms with E-state index < -0.39 is 27.5 Å². The number of anilines is 2. The monoisotopic (exact) mass is 423 g/mol. The summed E-state index contributed by atoms with van der Waals surface area (Å²) in [4.78, 5) is 8.17. The van der Waals surface area contributed by atoms with Crippen molar-refractivity contribution in [2.24, 2.45) is 5.14 Å². The van der Waals surface area contributed by atoms with Crippen LogP contribution in [0.4, 0.5) is 16.0 Å². The Morgan fingerprint density at radius 1 is 1.34 bits per heavy atom. The molecule has 1 aromatic heterocycles. The Hall–Kier alpha value is -2.18. The van der Waals surface area contributed by atoms with E-state index in [0.29, 0.717) is 13.1 Å². The zero-order valence-corrected chi connectivity index (χ0v) is 16.4. The summed E-state index contributed by atoms with van der Waals surface area (Å²) in [5.74, 6) is -0.554. The van der Waals surface area contributed by atoms with Gasteiger partial charge in [0.05, 0.1) is 28.9 Å². The third-order valence-electron chi connectivity index (χ3n) is 5.27. The Labute approximate surface area is 167 Å². The first-order valence-corrected chi connectivity index (χ1v) is 10.8. The van der Waals surface area contributed by atoms with Crippen molar-refractivity contribution in [1.29, 1.82) is 0 Å². The molecule has 2 aromatic rings. The SMILES string of the molecule is NS(=O)(=O)c1ccc(N(c2ncccn2)N2CC(CO)OC3(CCC3)C2)c(F)c1. The number of morpholine rings is 1. The van der Waals surface area contributed by atoms with Gasteiger partial charge >= 0.3 is 0 Å². The van der Waals surface area contributed by atoms with Gasteiger partial charge in [-0.15, -0.1) is 0 Å². The number of benzene rings is 1. The van der Waals surface area contributed by atoms with Gasteiger partial charge in [-0.2, -0.15) is 0 Å². The molecule has 1 aliphatic carbocycles. The van der Waals surface area contributed by atoms with E-state index in [2.05, 4.69) is 9.97 Å². The topological polar surface area (TPSA) is 122 Å². The number of primary sulfonamides is 1. The minimum atomic E-state index is -4.04. The molecule has 2 heterocycles. The molecule has 0 radical (unpaired) electrons. The minimum Gasteiger partial charge on any atom is -0.394 e. The van der Waals surface area contributed by atoms with Gasteiger partial charge in [-0.05, 0) is 43.5 Å². The zero-order valence-electron chi connectivity index (χ0n) is 15.6. The summed E-state index contributed by atoms with van der Waals surface area (Å²) in [5, 5.41) is 18.2. The molecule has 11 heteroatoms. The highest BCUT2D eigenvalue weighted by atomic mass is 32.2. The van der Waals surface area contributed by atoms with Crippen LogP contribution >= 0.6 is 0 Å². The molecule has 1 saturated heterocycles. The molecule has 1 spiro atoms. The average molecular weight is 423 g/mol. The van der Waals surface area contributed by atoms with Gasteiger partial charge < -0.3 is 9.84 Å². The predicted molar refractivity (Wildman–Crippen MR) is 102 cm³/mol. The van der Waals surface area contributed by atoms with Crippen molar-refractivity contribution in [2.75, 3.05) is 24.7 Å². The molecule has 29 heavy (non-hydrogen) atoms. The van der Waals surface area contributed by atoms with Crippen molar-refractivity contribution < 1.29 is 22.7 Å². The number of aromatic nitrogens is 2. The number of nitrogens with zero attached hydrogens (tertiary/aromatic N) is 4. The predicted octanol–water partition coefficient (Wildman–Crippen LogP) is 0.932. The van der Waals surface area contributed by atoms with Gasteiger partial charge in [0.25, 0.3) is 0 Å². The van der Waals surface area contributed by atoms with Gasteiger partial charge in [-0.3, -0.25) is 0 Å². The van der Waals surface area contributed by atoms with E-state index in [9.17, 15) is 13.5 Å². The normalized spacial score (nSPS) is 21.7. The van der Waals surface area contributed by atoms with Gasteiger partial charge in [-0.25, -0.2) is 37.9 Å². The Balaban J connectivity index is 1.77. The maximum atomic E-state index is 15.0. The molecule has 0 amide bonds. The third-order valence-corrected chi connectivity index (χ3v) is 6.18. The molecule has 9 nitrogen and oxygen atoms in total. The van der Waals surface area contributed by atoms with E-state index >= 15 is 4.39 Å². The molecule has 2 fully saturated rings. The Kier molecular flexibility index (Phi) is 5.25. The molecule has 2 aliphatic rings. The third kappa shape index (κ3) is 3.96. The van der Waals surface area contributed by atoms with Crippen molar-refractivity contribution in [1.82, 2.24) is 15.0 Å². The fourth-order valence-corrected chi connectivity index (χ4v) is 4.30. The fourth-order valence-electron chi connectivity index (χ4n) is 3.78. The molecule has 1 saturated carbocycles. The molecule has 1 aliphatic heterocycles. The molecular formula is C18H22FN5O4S. The van der Waals surface area contributed by atoms with E-state index in [1.807, 2.05) is 5.01 Å². The van der Waals surface area contributed by atoms with Crippen LogP contribution in [-0.4, -0.2) is 59.9 Å². The van der Waals surface area contributed by atoms with Crippen molar-refractivity contribution in [3.8, 4) is 0 Å². The number of sulfonamides is 1. The second-order valence-electron chi connectivity index (χ2n) is 7.32. The average Bonchev–Trinajstić information content (AvgIpc) is 2.68. The van der Waals surface area contributed by atoms with Crippen LogP contribution in [0.1, 0.15) is 19.3 Å². The molecular weight excluding hydrogens is 401 g/mol. The number of rotatable bonds is 5. The number of aliphatic hydroxyl groups excluding tert-OH is 1. The van der Waals surface area contributed by atoms with Crippen LogP contribution in [0, 0.1) is 5.82 Å². The van der Waals surface area contributed by atoms with E-state index in [1.54, 1.807) is 6.07 Å². The summed E-state index contributed by atoms with van der Waals surface area (Å²) >= 11 is 0. The van der Waals surface area contributed by atoms with E-state index in [4.69, 9.17) is 9.88 Å². The van der Waals surface area contributed by atoms with Crippen molar-refractivity contribution in [3.05, 3.63) is 42.5 Å². The van der Waals surface area contributed by atoms with Crippen LogP contribution in [0.2, 0.25) is 0 Å². The smallest absolute Gasteiger partial charge is 0.245 e. The summed E-state index contributed by atoms with van der Waals surface area (Å²) in [6.45, 7) is 0.597. The van der Waals surface area contributed by atoms with Gasteiger partial charge in [-0.1, -0.05) is 0 Å². The van der Waals surface area contributed by atoms with Gasteiger partial charge in [0, 0.05) is 25.5 Å². The van der Waals surface area contributed by atoms with Gasteiger partial charge in [0.1, 0.15) is 5.82 Å². The molecule has 1 atom stereocenters. The number of aliphatic hydroxyl groups is 1. The van der Waals surface area contributed by atoms with Gasteiger partial charge in [0.2, 0.25) is 16.0 Å². The first kappa shape index (κ1) is 20.1. The molecule has 1 aromatic carbocycles. The van der Waals surface area contributed by atoms with Crippen LogP contribution in [0.15, 0.2) is 41.6 Å². The Bertz CT molecular complexity index is 987. The molecule has 156 valence electrons.